The number of thiazole rings is 1. The van der Waals surface area contributed by atoms with Crippen LogP contribution in [0.5, 0.6) is 0 Å². The maximum Gasteiger partial charge on any atom is 0.350 e. The first-order chi connectivity index (χ1) is 14.5. The second-order valence-corrected chi connectivity index (χ2v) is 8.42. The minimum atomic E-state index is -0.314. The van der Waals surface area contributed by atoms with Gasteiger partial charge in [0.15, 0.2) is 4.96 Å². The predicted octanol–water partition coefficient (Wildman–Crippen LogP) is 6.12. The van der Waals surface area contributed by atoms with Crippen LogP contribution < -0.4 is 5.32 Å². The number of hydrogen-bond acceptors (Lipinski definition) is 5. The van der Waals surface area contributed by atoms with Crippen LogP contribution in [0.25, 0.3) is 16.2 Å². The van der Waals surface area contributed by atoms with Crippen molar-refractivity contribution in [3.8, 4) is 11.3 Å². The van der Waals surface area contributed by atoms with Crippen LogP contribution in [0.4, 0.5) is 5.82 Å². The molecular weight excluding hydrogens is 418 g/mol. The summed E-state index contributed by atoms with van der Waals surface area (Å²) in [6.45, 7) is 6.73. The van der Waals surface area contributed by atoms with Gasteiger partial charge in [-0.25, -0.2) is 9.78 Å². The van der Waals surface area contributed by atoms with E-state index in [2.05, 4.69) is 36.5 Å². The SMILES string of the molecule is CCOC(=O)c1sc2nc(-c3ccc(C)cc3)c(NCc3ccc(Cl)cc3)n2c1C. The van der Waals surface area contributed by atoms with E-state index in [9.17, 15) is 4.79 Å². The monoisotopic (exact) mass is 439 g/mol. The Labute approximate surface area is 184 Å². The first-order valence-electron chi connectivity index (χ1n) is 9.72. The van der Waals surface area contributed by atoms with Gasteiger partial charge in [-0.15, -0.1) is 0 Å². The molecule has 0 radical (unpaired) electrons. The van der Waals surface area contributed by atoms with Gasteiger partial charge in [0.05, 0.1) is 6.61 Å². The van der Waals surface area contributed by atoms with Gasteiger partial charge in [-0.05, 0) is 38.5 Å². The van der Waals surface area contributed by atoms with Crippen LogP contribution >= 0.6 is 22.9 Å². The number of carbonyl (C=O) groups is 1. The van der Waals surface area contributed by atoms with Gasteiger partial charge in [-0.3, -0.25) is 4.40 Å². The average molecular weight is 440 g/mol. The molecule has 30 heavy (non-hydrogen) atoms. The van der Waals surface area contributed by atoms with Crippen LogP contribution in [0.2, 0.25) is 5.02 Å². The highest BCUT2D eigenvalue weighted by atomic mass is 35.5. The molecule has 0 aliphatic heterocycles. The smallest absolute Gasteiger partial charge is 0.350 e. The van der Waals surface area contributed by atoms with Crippen molar-refractivity contribution < 1.29 is 9.53 Å². The Kier molecular flexibility index (Phi) is 5.79. The van der Waals surface area contributed by atoms with Crippen molar-refractivity contribution >= 4 is 39.7 Å². The van der Waals surface area contributed by atoms with Crippen molar-refractivity contribution in [2.45, 2.75) is 27.3 Å². The zero-order valence-electron chi connectivity index (χ0n) is 17.0. The highest BCUT2D eigenvalue weighted by Gasteiger charge is 2.23. The second-order valence-electron chi connectivity index (χ2n) is 7.01. The summed E-state index contributed by atoms with van der Waals surface area (Å²) >= 11 is 7.36. The van der Waals surface area contributed by atoms with Gasteiger partial charge in [0.1, 0.15) is 16.4 Å². The number of fused-ring (bicyclic) bond motifs is 1. The Balaban J connectivity index is 1.79. The molecule has 0 saturated heterocycles. The van der Waals surface area contributed by atoms with Gasteiger partial charge < -0.3 is 10.1 Å². The molecule has 0 fully saturated rings. The molecule has 0 spiro atoms. The minimum Gasteiger partial charge on any atom is -0.462 e. The number of aryl methyl sites for hydroxylation is 2. The van der Waals surface area contributed by atoms with E-state index in [1.807, 2.05) is 35.6 Å². The number of anilines is 1. The molecule has 4 aromatic rings. The third kappa shape index (κ3) is 3.93. The minimum absolute atomic E-state index is 0.314. The van der Waals surface area contributed by atoms with Crippen LogP contribution in [0.15, 0.2) is 48.5 Å². The molecule has 0 bridgehead atoms. The van der Waals surface area contributed by atoms with Crippen LogP contribution in [-0.2, 0) is 11.3 Å². The fraction of sp³-hybridized carbons (Fsp3) is 0.217. The second kappa shape index (κ2) is 8.50. The summed E-state index contributed by atoms with van der Waals surface area (Å²) in [5.41, 5.74) is 4.98. The van der Waals surface area contributed by atoms with Crippen LogP contribution in [0.1, 0.15) is 33.4 Å². The van der Waals surface area contributed by atoms with Gasteiger partial charge >= 0.3 is 5.97 Å². The number of esters is 1. The van der Waals surface area contributed by atoms with Gasteiger partial charge in [0.2, 0.25) is 0 Å². The van der Waals surface area contributed by atoms with Crippen molar-refractivity contribution in [1.82, 2.24) is 9.38 Å². The van der Waals surface area contributed by atoms with E-state index >= 15 is 0 Å². The molecule has 0 saturated carbocycles. The number of hydrogen-bond donors (Lipinski definition) is 1. The summed E-state index contributed by atoms with van der Waals surface area (Å²) < 4.78 is 7.22. The fourth-order valence-corrected chi connectivity index (χ4v) is 4.44. The van der Waals surface area contributed by atoms with Gasteiger partial charge in [-0.1, -0.05) is 64.9 Å². The third-order valence-electron chi connectivity index (χ3n) is 4.86. The molecule has 154 valence electrons. The number of rotatable bonds is 6. The summed E-state index contributed by atoms with van der Waals surface area (Å²) in [4.78, 5) is 18.5. The van der Waals surface area contributed by atoms with Crippen molar-refractivity contribution in [3.05, 3.63) is 75.3 Å². The fourth-order valence-electron chi connectivity index (χ4n) is 3.30. The average Bonchev–Trinajstić information content (AvgIpc) is 3.25. The number of benzene rings is 2. The molecule has 2 aromatic carbocycles. The number of halogens is 1. The van der Waals surface area contributed by atoms with Crippen molar-refractivity contribution in [2.75, 3.05) is 11.9 Å². The number of carbonyl (C=O) groups excluding carboxylic acids is 1. The van der Waals surface area contributed by atoms with Crippen molar-refractivity contribution in [2.24, 2.45) is 0 Å². The molecule has 1 N–H and O–H groups in total. The molecule has 5 nitrogen and oxygen atoms in total. The van der Waals surface area contributed by atoms with Crippen LogP contribution in [-0.4, -0.2) is 22.0 Å². The Morgan fingerprint density at radius 3 is 2.50 bits per heavy atom. The van der Waals surface area contributed by atoms with E-state index in [1.165, 1.54) is 16.9 Å². The summed E-state index contributed by atoms with van der Waals surface area (Å²) in [6, 6.07) is 16.0. The van der Waals surface area contributed by atoms with Crippen LogP contribution in [0, 0.1) is 13.8 Å². The maximum absolute atomic E-state index is 12.4. The number of ether oxygens (including phenoxy) is 1. The standard InChI is InChI=1S/C23H22ClN3O2S/c1-4-29-22(28)20-15(3)27-21(25-13-16-7-11-18(24)12-8-16)19(26-23(27)30-20)17-9-5-14(2)6-10-17/h5-12,25H,4,13H2,1-3H3. The number of imidazole rings is 1. The summed E-state index contributed by atoms with van der Waals surface area (Å²) in [5, 5.41) is 4.23. The first kappa shape index (κ1) is 20.4. The van der Waals surface area contributed by atoms with E-state index in [0.717, 1.165) is 33.3 Å². The Bertz CT molecular complexity index is 1190. The number of nitrogens with zero attached hydrogens (tertiary/aromatic N) is 2. The van der Waals surface area contributed by atoms with E-state index in [4.69, 9.17) is 21.3 Å². The third-order valence-corrected chi connectivity index (χ3v) is 6.24. The molecule has 0 aliphatic rings. The lowest BCUT2D eigenvalue weighted by molar-refractivity contribution is 0.0531. The highest BCUT2D eigenvalue weighted by molar-refractivity contribution is 7.19. The highest BCUT2D eigenvalue weighted by Crippen LogP contribution is 2.35. The van der Waals surface area contributed by atoms with E-state index < -0.39 is 0 Å². The molecule has 0 atom stereocenters. The van der Waals surface area contributed by atoms with Gasteiger partial charge in [0, 0.05) is 22.8 Å². The molecule has 2 heterocycles. The van der Waals surface area contributed by atoms with Gasteiger partial charge in [0.25, 0.3) is 0 Å². The molecule has 0 amide bonds. The molecule has 7 heteroatoms. The van der Waals surface area contributed by atoms with Crippen molar-refractivity contribution in [1.29, 1.82) is 0 Å². The van der Waals surface area contributed by atoms with Gasteiger partial charge in [-0.2, -0.15) is 0 Å². The van der Waals surface area contributed by atoms with E-state index in [-0.39, 0.29) is 5.97 Å². The van der Waals surface area contributed by atoms with E-state index in [0.29, 0.717) is 23.1 Å². The summed E-state index contributed by atoms with van der Waals surface area (Å²) in [6.07, 6.45) is 0. The Morgan fingerprint density at radius 1 is 1.13 bits per heavy atom. The zero-order chi connectivity index (χ0) is 21.3. The largest absolute Gasteiger partial charge is 0.462 e. The first-order valence-corrected chi connectivity index (χ1v) is 10.9. The maximum atomic E-state index is 12.4. The summed E-state index contributed by atoms with van der Waals surface area (Å²) in [5.74, 6) is 0.541. The molecule has 2 aromatic heterocycles. The van der Waals surface area contributed by atoms with Crippen molar-refractivity contribution in [3.63, 3.8) is 0 Å². The quantitative estimate of drug-likeness (QED) is 0.367. The zero-order valence-corrected chi connectivity index (χ0v) is 18.6. The predicted molar refractivity (Wildman–Crippen MR) is 123 cm³/mol. The summed E-state index contributed by atoms with van der Waals surface area (Å²) in [7, 11) is 0. The topological polar surface area (TPSA) is 55.6 Å². The Hall–Kier alpha value is -2.83. The number of nitrogens with one attached hydrogen (secondary N) is 1. The van der Waals surface area contributed by atoms with E-state index in [1.54, 1.807) is 6.92 Å². The van der Waals surface area contributed by atoms with Crippen LogP contribution in [0.3, 0.4) is 0 Å². The lowest BCUT2D eigenvalue weighted by atomic mass is 10.1. The molecule has 0 unspecified atom stereocenters. The lowest BCUT2D eigenvalue weighted by Gasteiger charge is -2.10. The molecule has 4 rings (SSSR count). The number of aromatic nitrogens is 2. The Morgan fingerprint density at radius 2 is 1.83 bits per heavy atom. The normalized spacial score (nSPS) is 11.1. The molecular formula is C23H22ClN3O2S. The molecule has 0 aliphatic carbocycles. The lowest BCUT2D eigenvalue weighted by Crippen LogP contribution is -2.07.